The van der Waals surface area contributed by atoms with Crippen LogP contribution in [0, 0.1) is 6.92 Å². The fourth-order valence-corrected chi connectivity index (χ4v) is 6.03. The summed E-state index contributed by atoms with van der Waals surface area (Å²) in [5.41, 5.74) is 6.98. The van der Waals surface area contributed by atoms with Gasteiger partial charge in [-0.25, -0.2) is 0 Å². The maximum absolute atomic E-state index is 13.6. The molecule has 0 saturated heterocycles. The number of carbonyl (C=O) groups excluding carboxylic acids is 1. The second-order valence-electron chi connectivity index (χ2n) is 6.54. The second-order valence-corrected chi connectivity index (χ2v) is 9.50. The third-order valence-corrected chi connectivity index (χ3v) is 7.91. The van der Waals surface area contributed by atoms with Gasteiger partial charge in [-0.3, -0.25) is 4.79 Å². The lowest BCUT2D eigenvalue weighted by Crippen LogP contribution is -2.49. The van der Waals surface area contributed by atoms with E-state index in [2.05, 4.69) is 0 Å². The van der Waals surface area contributed by atoms with Crippen molar-refractivity contribution in [1.29, 1.82) is 0 Å². The fourth-order valence-electron chi connectivity index (χ4n) is 3.50. The van der Waals surface area contributed by atoms with E-state index in [1.54, 1.807) is 53.9 Å². The highest BCUT2D eigenvalue weighted by molar-refractivity contribution is 7.95. The van der Waals surface area contributed by atoms with Crippen LogP contribution in [0.3, 0.4) is 0 Å². The summed E-state index contributed by atoms with van der Waals surface area (Å²) >= 11 is 1.05. The first-order chi connectivity index (χ1) is 13.3. The Kier molecular flexibility index (Phi) is 4.29. The number of aryl methyl sites for hydroxylation is 1. The Morgan fingerprint density at radius 2 is 1.82 bits per heavy atom. The molecular weight excluding hydrogens is 396 g/mol. The van der Waals surface area contributed by atoms with E-state index in [-0.39, 0.29) is 9.90 Å². The van der Waals surface area contributed by atoms with Crippen LogP contribution in [0.1, 0.15) is 16.7 Å². The number of sulfonamides is 1. The van der Waals surface area contributed by atoms with Gasteiger partial charge in [0, 0.05) is 11.1 Å². The molecule has 144 valence electrons. The van der Waals surface area contributed by atoms with E-state index >= 15 is 0 Å². The Morgan fingerprint density at radius 1 is 1.07 bits per heavy atom. The standard InChI is InChI=1S/C20H18N2O4S2/c1-13-9-10-16-15(12-13)20(21,14-6-3-4-7-17(14)26-2)19(23)22(16)28(24,25)18-8-5-11-27-18/h3-12H,21H2,1-2H3. The number of nitrogens with zero attached hydrogens (tertiary/aromatic N) is 1. The van der Waals surface area contributed by atoms with Crippen LogP contribution in [-0.4, -0.2) is 21.4 Å². The van der Waals surface area contributed by atoms with E-state index in [4.69, 9.17) is 10.5 Å². The molecule has 0 bridgehead atoms. The number of fused-ring (bicyclic) bond motifs is 1. The van der Waals surface area contributed by atoms with Gasteiger partial charge < -0.3 is 10.5 Å². The Balaban J connectivity index is 2.01. The molecule has 6 nitrogen and oxygen atoms in total. The zero-order valence-corrected chi connectivity index (χ0v) is 16.9. The molecule has 28 heavy (non-hydrogen) atoms. The number of amides is 1. The first-order valence-corrected chi connectivity index (χ1v) is 10.8. The van der Waals surface area contributed by atoms with Gasteiger partial charge in [0.2, 0.25) is 0 Å². The number of rotatable bonds is 4. The lowest BCUT2D eigenvalue weighted by atomic mass is 9.84. The molecule has 1 aliphatic rings. The minimum absolute atomic E-state index is 0.0802. The number of thiophene rings is 1. The van der Waals surface area contributed by atoms with Gasteiger partial charge in [-0.15, -0.1) is 11.3 Å². The van der Waals surface area contributed by atoms with Crippen LogP contribution in [-0.2, 0) is 20.4 Å². The summed E-state index contributed by atoms with van der Waals surface area (Å²) < 4.78 is 32.8. The normalized spacial score (nSPS) is 19.0. The average Bonchev–Trinajstić information content (AvgIpc) is 3.30. The third-order valence-electron chi connectivity index (χ3n) is 4.84. The largest absolute Gasteiger partial charge is 0.496 e. The molecule has 0 spiro atoms. The summed E-state index contributed by atoms with van der Waals surface area (Å²) in [6.45, 7) is 1.86. The molecule has 2 N–H and O–H groups in total. The Hall–Kier alpha value is -2.68. The van der Waals surface area contributed by atoms with Crippen molar-refractivity contribution in [2.75, 3.05) is 11.4 Å². The number of benzene rings is 2. The monoisotopic (exact) mass is 414 g/mol. The molecule has 0 aliphatic carbocycles. The summed E-state index contributed by atoms with van der Waals surface area (Å²) in [6, 6.07) is 15.1. The van der Waals surface area contributed by atoms with E-state index in [1.807, 2.05) is 6.92 Å². The lowest BCUT2D eigenvalue weighted by Gasteiger charge is -2.26. The molecule has 3 aromatic rings. The number of anilines is 1. The zero-order chi connectivity index (χ0) is 20.1. The molecule has 0 fully saturated rings. The number of para-hydroxylation sites is 1. The number of hydrogen-bond acceptors (Lipinski definition) is 6. The van der Waals surface area contributed by atoms with Gasteiger partial charge >= 0.3 is 0 Å². The minimum Gasteiger partial charge on any atom is -0.496 e. The molecule has 1 aromatic heterocycles. The second kappa shape index (κ2) is 6.44. The van der Waals surface area contributed by atoms with E-state index < -0.39 is 21.5 Å². The lowest BCUT2D eigenvalue weighted by molar-refractivity contribution is -0.120. The van der Waals surface area contributed by atoms with Gasteiger partial charge in [0.15, 0.2) is 5.54 Å². The van der Waals surface area contributed by atoms with Crippen molar-refractivity contribution in [2.24, 2.45) is 5.73 Å². The van der Waals surface area contributed by atoms with Gasteiger partial charge in [-0.2, -0.15) is 12.7 Å². The molecule has 2 aromatic carbocycles. The fraction of sp³-hybridized carbons (Fsp3) is 0.150. The highest BCUT2D eigenvalue weighted by Gasteiger charge is 2.55. The van der Waals surface area contributed by atoms with E-state index in [9.17, 15) is 13.2 Å². The molecule has 1 aliphatic heterocycles. The van der Waals surface area contributed by atoms with Crippen LogP contribution >= 0.6 is 11.3 Å². The van der Waals surface area contributed by atoms with Crippen LogP contribution < -0.4 is 14.8 Å². The number of carbonyl (C=O) groups is 1. The van der Waals surface area contributed by atoms with Crippen molar-refractivity contribution in [3.8, 4) is 5.75 Å². The van der Waals surface area contributed by atoms with E-state index in [0.29, 0.717) is 16.9 Å². The maximum atomic E-state index is 13.6. The molecule has 1 unspecified atom stereocenters. The van der Waals surface area contributed by atoms with Gasteiger partial charge in [-0.05, 0) is 30.5 Å². The van der Waals surface area contributed by atoms with Gasteiger partial charge in [0.1, 0.15) is 9.96 Å². The summed E-state index contributed by atoms with van der Waals surface area (Å²) in [6.07, 6.45) is 0. The molecule has 4 rings (SSSR count). The van der Waals surface area contributed by atoms with Crippen LogP contribution in [0.25, 0.3) is 0 Å². The number of hydrogen-bond donors (Lipinski definition) is 1. The minimum atomic E-state index is -4.09. The predicted octanol–water partition coefficient (Wildman–Crippen LogP) is 3.00. The Morgan fingerprint density at radius 3 is 2.50 bits per heavy atom. The quantitative estimate of drug-likeness (QED) is 0.709. The van der Waals surface area contributed by atoms with Crippen LogP contribution in [0.15, 0.2) is 64.2 Å². The van der Waals surface area contributed by atoms with Crippen LogP contribution in [0.5, 0.6) is 5.75 Å². The predicted molar refractivity (Wildman–Crippen MR) is 108 cm³/mol. The molecular formula is C20H18N2O4S2. The number of ether oxygens (including phenoxy) is 1. The van der Waals surface area contributed by atoms with Crippen molar-refractivity contribution >= 4 is 33.0 Å². The Labute approximate surface area is 167 Å². The van der Waals surface area contributed by atoms with Gasteiger partial charge in [0.05, 0.1) is 12.8 Å². The van der Waals surface area contributed by atoms with Crippen molar-refractivity contribution in [3.05, 3.63) is 76.7 Å². The first-order valence-electron chi connectivity index (χ1n) is 8.48. The Bertz CT molecular complexity index is 1170. The maximum Gasteiger partial charge on any atom is 0.280 e. The number of nitrogens with two attached hydrogens (primary N) is 1. The highest BCUT2D eigenvalue weighted by atomic mass is 32.2. The van der Waals surface area contributed by atoms with Gasteiger partial charge in [0.25, 0.3) is 15.9 Å². The highest BCUT2D eigenvalue weighted by Crippen LogP contribution is 2.47. The molecule has 0 saturated carbocycles. The zero-order valence-electron chi connectivity index (χ0n) is 15.2. The summed E-state index contributed by atoms with van der Waals surface area (Å²) in [5, 5.41) is 1.65. The topological polar surface area (TPSA) is 89.7 Å². The van der Waals surface area contributed by atoms with E-state index in [0.717, 1.165) is 21.2 Å². The molecule has 8 heteroatoms. The molecule has 1 atom stereocenters. The molecule has 2 heterocycles. The van der Waals surface area contributed by atoms with Crippen LogP contribution in [0.4, 0.5) is 5.69 Å². The van der Waals surface area contributed by atoms with Crippen molar-refractivity contribution in [1.82, 2.24) is 0 Å². The van der Waals surface area contributed by atoms with Crippen molar-refractivity contribution in [2.45, 2.75) is 16.7 Å². The van der Waals surface area contributed by atoms with Crippen molar-refractivity contribution in [3.63, 3.8) is 0 Å². The average molecular weight is 415 g/mol. The summed E-state index contributed by atoms with van der Waals surface area (Å²) in [7, 11) is -2.60. The van der Waals surface area contributed by atoms with Gasteiger partial charge in [-0.1, -0.05) is 42.0 Å². The summed E-state index contributed by atoms with van der Waals surface area (Å²) in [5.74, 6) is -0.313. The smallest absolute Gasteiger partial charge is 0.280 e. The summed E-state index contributed by atoms with van der Waals surface area (Å²) in [4.78, 5) is 13.6. The van der Waals surface area contributed by atoms with E-state index in [1.165, 1.54) is 13.2 Å². The molecule has 0 radical (unpaired) electrons. The first kappa shape index (κ1) is 18.7. The molecule has 1 amide bonds. The third kappa shape index (κ3) is 2.49. The number of methoxy groups -OCH3 is 1. The van der Waals surface area contributed by atoms with Crippen molar-refractivity contribution < 1.29 is 17.9 Å². The van der Waals surface area contributed by atoms with Crippen LogP contribution in [0.2, 0.25) is 0 Å². The SMILES string of the molecule is COc1ccccc1C1(N)C(=O)N(S(=O)(=O)c2cccs2)c2ccc(C)cc21.